The Hall–Kier alpha value is -2.43. The van der Waals surface area contributed by atoms with Gasteiger partial charge >= 0.3 is 0 Å². The van der Waals surface area contributed by atoms with E-state index in [4.69, 9.17) is 0 Å². The summed E-state index contributed by atoms with van der Waals surface area (Å²) in [6.45, 7) is 7.04. The van der Waals surface area contributed by atoms with Gasteiger partial charge in [0.25, 0.3) is 0 Å². The summed E-state index contributed by atoms with van der Waals surface area (Å²) in [7, 11) is 2.06. The second-order valence-corrected chi connectivity index (χ2v) is 5.73. The van der Waals surface area contributed by atoms with Gasteiger partial charge in [0.05, 0.1) is 5.69 Å². The Labute approximate surface area is 130 Å². The first-order valence-electron chi connectivity index (χ1n) is 7.51. The molecule has 22 heavy (non-hydrogen) atoms. The number of rotatable bonds is 4. The Kier molecular flexibility index (Phi) is 3.79. The molecule has 114 valence electrons. The molecule has 3 rings (SSSR count). The normalized spacial score (nSPS) is 11.1. The fourth-order valence-corrected chi connectivity index (χ4v) is 2.94. The standard InChI is InChI=1S/C17H21N5/c1-11-15-13(3)20-21-17(16(15)12(2)19-11)22(4)10-8-14-7-5-6-9-18-14/h5-7,9,19H,8,10H2,1-4H3. The molecule has 0 saturated carbocycles. The average Bonchev–Trinajstić information content (AvgIpc) is 2.82. The van der Waals surface area contributed by atoms with Gasteiger partial charge in [-0.25, -0.2) is 0 Å². The number of aromatic nitrogens is 4. The van der Waals surface area contributed by atoms with Crippen LogP contribution in [-0.2, 0) is 6.42 Å². The monoisotopic (exact) mass is 295 g/mol. The fourth-order valence-electron chi connectivity index (χ4n) is 2.94. The zero-order chi connectivity index (χ0) is 15.7. The average molecular weight is 295 g/mol. The van der Waals surface area contributed by atoms with Crippen LogP contribution in [0.5, 0.6) is 0 Å². The molecular weight excluding hydrogens is 274 g/mol. The van der Waals surface area contributed by atoms with Crippen LogP contribution in [0, 0.1) is 20.8 Å². The number of nitrogens with one attached hydrogen (secondary N) is 1. The lowest BCUT2D eigenvalue weighted by molar-refractivity contribution is 0.825. The van der Waals surface area contributed by atoms with Crippen LogP contribution >= 0.6 is 0 Å². The largest absolute Gasteiger partial charge is 0.362 e. The highest BCUT2D eigenvalue weighted by Gasteiger charge is 2.16. The van der Waals surface area contributed by atoms with Gasteiger partial charge in [0, 0.05) is 54.1 Å². The maximum absolute atomic E-state index is 4.43. The molecule has 0 amide bonds. The predicted octanol–water partition coefficient (Wildman–Crippen LogP) is 2.96. The summed E-state index contributed by atoms with van der Waals surface area (Å²) in [6, 6.07) is 6.01. The maximum atomic E-state index is 4.43. The van der Waals surface area contributed by atoms with Crippen LogP contribution in [-0.4, -0.2) is 33.8 Å². The van der Waals surface area contributed by atoms with Crippen molar-refractivity contribution in [2.24, 2.45) is 0 Å². The third-order valence-corrected chi connectivity index (χ3v) is 4.05. The zero-order valence-corrected chi connectivity index (χ0v) is 13.5. The Morgan fingerprint density at radius 2 is 1.82 bits per heavy atom. The van der Waals surface area contributed by atoms with Crippen molar-refractivity contribution in [2.75, 3.05) is 18.5 Å². The van der Waals surface area contributed by atoms with Gasteiger partial charge in [0.15, 0.2) is 5.82 Å². The molecule has 5 nitrogen and oxygen atoms in total. The van der Waals surface area contributed by atoms with Crippen molar-refractivity contribution in [3.8, 4) is 0 Å². The van der Waals surface area contributed by atoms with Crippen molar-refractivity contribution >= 4 is 16.6 Å². The van der Waals surface area contributed by atoms with E-state index in [1.807, 2.05) is 25.3 Å². The summed E-state index contributed by atoms with van der Waals surface area (Å²) in [5.41, 5.74) is 4.36. The predicted molar refractivity (Wildman–Crippen MR) is 89.3 cm³/mol. The number of pyridine rings is 1. The van der Waals surface area contributed by atoms with Crippen LogP contribution in [0.4, 0.5) is 5.82 Å². The summed E-state index contributed by atoms with van der Waals surface area (Å²) >= 11 is 0. The minimum absolute atomic E-state index is 0.855. The van der Waals surface area contributed by atoms with Gasteiger partial charge < -0.3 is 9.88 Å². The van der Waals surface area contributed by atoms with E-state index in [1.165, 1.54) is 10.8 Å². The lowest BCUT2D eigenvalue weighted by Crippen LogP contribution is -2.22. The van der Waals surface area contributed by atoms with Crippen LogP contribution in [0.3, 0.4) is 0 Å². The number of fused-ring (bicyclic) bond motifs is 1. The molecule has 1 N–H and O–H groups in total. The highest BCUT2D eigenvalue weighted by molar-refractivity contribution is 5.97. The van der Waals surface area contributed by atoms with Crippen LogP contribution in [0.2, 0.25) is 0 Å². The topological polar surface area (TPSA) is 57.7 Å². The van der Waals surface area contributed by atoms with Crippen molar-refractivity contribution in [3.63, 3.8) is 0 Å². The lowest BCUT2D eigenvalue weighted by atomic mass is 10.1. The Morgan fingerprint density at radius 1 is 1.05 bits per heavy atom. The molecule has 0 atom stereocenters. The lowest BCUT2D eigenvalue weighted by Gasteiger charge is -2.19. The molecule has 5 heteroatoms. The molecule has 3 aromatic heterocycles. The first-order valence-corrected chi connectivity index (χ1v) is 7.51. The third-order valence-electron chi connectivity index (χ3n) is 4.05. The van der Waals surface area contributed by atoms with Crippen molar-refractivity contribution in [3.05, 3.63) is 47.2 Å². The Morgan fingerprint density at radius 3 is 2.55 bits per heavy atom. The van der Waals surface area contributed by atoms with Crippen molar-refractivity contribution in [1.29, 1.82) is 0 Å². The van der Waals surface area contributed by atoms with Gasteiger partial charge in [0.2, 0.25) is 0 Å². The molecule has 0 spiro atoms. The minimum Gasteiger partial charge on any atom is -0.362 e. The fraction of sp³-hybridized carbons (Fsp3) is 0.353. The second kappa shape index (κ2) is 5.75. The van der Waals surface area contributed by atoms with Gasteiger partial charge in [0.1, 0.15) is 0 Å². The van der Waals surface area contributed by atoms with Crippen molar-refractivity contribution < 1.29 is 0 Å². The third kappa shape index (κ3) is 2.54. The summed E-state index contributed by atoms with van der Waals surface area (Å²) in [6.07, 6.45) is 2.72. The summed E-state index contributed by atoms with van der Waals surface area (Å²) < 4.78 is 0. The smallest absolute Gasteiger partial charge is 0.160 e. The first kappa shape index (κ1) is 14.5. The van der Waals surface area contributed by atoms with Crippen LogP contribution in [0.15, 0.2) is 24.4 Å². The van der Waals surface area contributed by atoms with Crippen LogP contribution in [0.1, 0.15) is 22.8 Å². The second-order valence-electron chi connectivity index (χ2n) is 5.73. The van der Waals surface area contributed by atoms with E-state index in [0.717, 1.165) is 41.6 Å². The number of hydrogen-bond donors (Lipinski definition) is 1. The van der Waals surface area contributed by atoms with Crippen LogP contribution in [0.25, 0.3) is 10.8 Å². The molecule has 0 bridgehead atoms. The van der Waals surface area contributed by atoms with E-state index >= 15 is 0 Å². The molecular formula is C17H21N5. The maximum Gasteiger partial charge on any atom is 0.160 e. The SMILES string of the molecule is Cc1nnc(N(C)CCc2ccccn2)c2c(C)[nH]c(C)c12. The van der Waals surface area contributed by atoms with Gasteiger partial charge in [-0.15, -0.1) is 5.10 Å². The number of H-pyrrole nitrogens is 1. The van der Waals surface area contributed by atoms with Crippen molar-refractivity contribution in [1.82, 2.24) is 20.2 Å². The molecule has 0 saturated heterocycles. The van der Waals surface area contributed by atoms with E-state index in [2.05, 4.69) is 52.0 Å². The Bertz CT molecular complexity index is 792. The Balaban J connectivity index is 1.91. The number of anilines is 1. The number of aromatic amines is 1. The molecule has 3 heterocycles. The molecule has 0 radical (unpaired) electrons. The number of hydrogen-bond acceptors (Lipinski definition) is 4. The first-order chi connectivity index (χ1) is 10.6. The number of nitrogens with zero attached hydrogens (tertiary/aromatic N) is 4. The molecule has 0 aromatic carbocycles. The summed E-state index contributed by atoms with van der Waals surface area (Å²) in [4.78, 5) is 9.94. The van der Waals surface area contributed by atoms with E-state index in [9.17, 15) is 0 Å². The van der Waals surface area contributed by atoms with E-state index in [0.29, 0.717) is 0 Å². The quantitative estimate of drug-likeness (QED) is 0.804. The number of aryl methyl sites for hydroxylation is 3. The number of likely N-dealkylation sites (N-methyl/N-ethyl adjacent to an activating group) is 1. The molecule has 0 fully saturated rings. The van der Waals surface area contributed by atoms with Crippen molar-refractivity contribution in [2.45, 2.75) is 27.2 Å². The summed E-state index contributed by atoms with van der Waals surface area (Å²) in [5.74, 6) is 0.929. The van der Waals surface area contributed by atoms with Gasteiger partial charge in [-0.05, 0) is 32.9 Å². The zero-order valence-electron chi connectivity index (χ0n) is 13.5. The molecule has 0 unspecified atom stereocenters. The molecule has 3 aromatic rings. The van der Waals surface area contributed by atoms with E-state index in [1.54, 1.807) is 0 Å². The van der Waals surface area contributed by atoms with Crippen LogP contribution < -0.4 is 4.90 Å². The molecule has 0 aliphatic heterocycles. The van der Waals surface area contributed by atoms with Gasteiger partial charge in [-0.2, -0.15) is 5.10 Å². The minimum atomic E-state index is 0.855. The summed E-state index contributed by atoms with van der Waals surface area (Å²) in [5, 5.41) is 11.1. The van der Waals surface area contributed by atoms with Gasteiger partial charge in [-0.3, -0.25) is 4.98 Å². The highest BCUT2D eigenvalue weighted by atomic mass is 15.2. The molecule has 0 aliphatic carbocycles. The van der Waals surface area contributed by atoms with E-state index < -0.39 is 0 Å². The highest BCUT2D eigenvalue weighted by Crippen LogP contribution is 2.30. The van der Waals surface area contributed by atoms with Gasteiger partial charge in [-0.1, -0.05) is 6.07 Å². The molecule has 0 aliphatic rings. The van der Waals surface area contributed by atoms with E-state index in [-0.39, 0.29) is 0 Å².